The van der Waals surface area contributed by atoms with E-state index in [1.807, 2.05) is 37.3 Å². The topological polar surface area (TPSA) is 81.7 Å². The zero-order valence-corrected chi connectivity index (χ0v) is 17.6. The first-order chi connectivity index (χ1) is 14.3. The summed E-state index contributed by atoms with van der Waals surface area (Å²) in [4.78, 5) is 12.1. The van der Waals surface area contributed by atoms with Crippen LogP contribution in [0.15, 0.2) is 83.8 Å². The van der Waals surface area contributed by atoms with Crippen LogP contribution in [0.4, 0.5) is 4.79 Å². The Labute approximate surface area is 176 Å². The fourth-order valence-electron chi connectivity index (χ4n) is 2.74. The first-order valence-corrected chi connectivity index (χ1v) is 10.8. The van der Waals surface area contributed by atoms with Gasteiger partial charge in [-0.2, -0.15) is 8.42 Å². The highest BCUT2D eigenvalue weighted by atomic mass is 32.2. The quantitative estimate of drug-likeness (QED) is 0.553. The molecule has 0 aromatic heterocycles. The zero-order valence-electron chi connectivity index (χ0n) is 16.7. The van der Waals surface area contributed by atoms with Crippen LogP contribution in [0, 0.1) is 6.92 Å². The second-order valence-corrected chi connectivity index (χ2v) is 8.40. The maximum atomic E-state index is 12.5. The van der Waals surface area contributed by atoms with Crippen molar-refractivity contribution in [1.82, 2.24) is 5.32 Å². The molecule has 1 N–H and O–H groups in total. The Hall–Kier alpha value is -3.32. The number of ether oxygens (including phenoxy) is 1. The molecule has 0 fully saturated rings. The molecule has 7 heteroatoms. The number of carbonyl (C=O) groups is 1. The number of nitrogens with one attached hydrogen (secondary N) is 1. The highest BCUT2D eigenvalue weighted by molar-refractivity contribution is 7.87. The molecule has 0 bridgehead atoms. The van der Waals surface area contributed by atoms with Crippen LogP contribution in [0.25, 0.3) is 0 Å². The number of hydrogen-bond acceptors (Lipinski definition) is 5. The van der Waals surface area contributed by atoms with E-state index in [9.17, 15) is 13.2 Å². The third-order valence-corrected chi connectivity index (χ3v) is 5.68. The molecule has 0 aliphatic carbocycles. The predicted molar refractivity (Wildman–Crippen MR) is 114 cm³/mol. The minimum Gasteiger partial charge on any atom is -0.445 e. The molecule has 3 aromatic rings. The summed E-state index contributed by atoms with van der Waals surface area (Å²) in [7, 11) is -3.95. The summed E-state index contributed by atoms with van der Waals surface area (Å²) in [5, 5.41) is 2.73. The summed E-state index contributed by atoms with van der Waals surface area (Å²) < 4.78 is 35.4. The van der Waals surface area contributed by atoms with Crippen LogP contribution in [-0.4, -0.2) is 14.5 Å². The lowest BCUT2D eigenvalue weighted by Crippen LogP contribution is -2.27. The zero-order chi connectivity index (χ0) is 21.6. The van der Waals surface area contributed by atoms with E-state index < -0.39 is 22.3 Å². The van der Waals surface area contributed by atoms with Gasteiger partial charge in [-0.3, -0.25) is 0 Å². The van der Waals surface area contributed by atoms with E-state index in [1.54, 1.807) is 43.3 Å². The van der Waals surface area contributed by atoms with Crippen molar-refractivity contribution >= 4 is 16.2 Å². The van der Waals surface area contributed by atoms with Gasteiger partial charge in [-0.25, -0.2) is 4.79 Å². The van der Waals surface area contributed by atoms with Gasteiger partial charge in [-0.1, -0.05) is 60.2 Å². The average molecular weight is 426 g/mol. The molecule has 0 saturated carbocycles. The molecule has 1 amide bonds. The van der Waals surface area contributed by atoms with Crippen molar-refractivity contribution in [1.29, 1.82) is 0 Å². The fraction of sp³-hybridized carbons (Fsp3) is 0.174. The van der Waals surface area contributed by atoms with Crippen LogP contribution in [0.2, 0.25) is 0 Å². The summed E-state index contributed by atoms with van der Waals surface area (Å²) in [5.74, 6) is 0.166. The van der Waals surface area contributed by atoms with Gasteiger partial charge in [0.2, 0.25) is 0 Å². The van der Waals surface area contributed by atoms with Crippen molar-refractivity contribution in [3.8, 4) is 5.75 Å². The SMILES string of the molecule is Cc1ccc(S(=O)(=O)Oc2cccc(C(C)NC(=O)OCc3ccccc3)c2)cc1. The molecule has 0 heterocycles. The number of hydrogen-bond donors (Lipinski definition) is 1. The first-order valence-electron chi connectivity index (χ1n) is 9.42. The molecule has 0 radical (unpaired) electrons. The Morgan fingerprint density at radius 1 is 0.967 bits per heavy atom. The van der Waals surface area contributed by atoms with Gasteiger partial charge < -0.3 is 14.2 Å². The van der Waals surface area contributed by atoms with Gasteiger partial charge in [0, 0.05) is 0 Å². The van der Waals surface area contributed by atoms with Gasteiger partial charge in [-0.15, -0.1) is 0 Å². The van der Waals surface area contributed by atoms with Crippen LogP contribution in [0.5, 0.6) is 5.75 Å². The summed E-state index contributed by atoms with van der Waals surface area (Å²) >= 11 is 0. The number of amides is 1. The maximum Gasteiger partial charge on any atom is 0.407 e. The minimum absolute atomic E-state index is 0.0779. The second-order valence-electron chi connectivity index (χ2n) is 6.85. The molecular weight excluding hydrogens is 402 g/mol. The van der Waals surface area contributed by atoms with Gasteiger partial charge in [0.15, 0.2) is 0 Å². The Balaban J connectivity index is 1.62. The van der Waals surface area contributed by atoms with E-state index in [1.165, 1.54) is 12.1 Å². The van der Waals surface area contributed by atoms with Crippen molar-refractivity contribution in [2.75, 3.05) is 0 Å². The molecule has 6 nitrogen and oxygen atoms in total. The minimum atomic E-state index is -3.95. The molecular formula is C23H23NO5S. The third kappa shape index (κ3) is 5.84. The van der Waals surface area contributed by atoms with Crippen molar-refractivity contribution in [3.05, 3.63) is 95.6 Å². The summed E-state index contributed by atoms with van der Waals surface area (Å²) in [5.41, 5.74) is 2.52. The van der Waals surface area contributed by atoms with Crippen molar-refractivity contribution in [2.45, 2.75) is 31.4 Å². The normalized spacial score (nSPS) is 12.1. The Morgan fingerprint density at radius 3 is 2.37 bits per heavy atom. The molecule has 1 atom stereocenters. The van der Waals surface area contributed by atoms with Crippen LogP contribution in [-0.2, 0) is 21.5 Å². The largest absolute Gasteiger partial charge is 0.445 e. The Bertz CT molecular complexity index is 1100. The van der Waals surface area contributed by atoms with Gasteiger partial charge in [0.1, 0.15) is 17.3 Å². The number of carbonyl (C=O) groups excluding carboxylic acids is 1. The van der Waals surface area contributed by atoms with E-state index in [0.717, 1.165) is 11.1 Å². The van der Waals surface area contributed by atoms with Crippen LogP contribution >= 0.6 is 0 Å². The molecule has 30 heavy (non-hydrogen) atoms. The average Bonchev–Trinajstić information content (AvgIpc) is 2.73. The standard InChI is InChI=1S/C23H23NO5S/c1-17-11-13-22(14-12-17)30(26,27)29-21-10-6-9-20(15-21)18(2)24-23(25)28-16-19-7-4-3-5-8-19/h3-15,18H,16H2,1-2H3,(H,24,25). The molecule has 1 unspecified atom stereocenters. The van der Waals surface area contributed by atoms with E-state index in [0.29, 0.717) is 5.56 Å². The summed E-state index contributed by atoms with van der Waals surface area (Å²) in [6.45, 7) is 3.81. The van der Waals surface area contributed by atoms with Crippen molar-refractivity contribution in [2.24, 2.45) is 0 Å². The molecule has 3 aromatic carbocycles. The molecule has 0 saturated heterocycles. The molecule has 0 aliphatic heterocycles. The lowest BCUT2D eigenvalue weighted by atomic mass is 10.1. The molecule has 156 valence electrons. The lowest BCUT2D eigenvalue weighted by Gasteiger charge is -2.15. The van der Waals surface area contributed by atoms with Crippen LogP contribution < -0.4 is 9.50 Å². The fourth-order valence-corrected chi connectivity index (χ4v) is 3.66. The smallest absolute Gasteiger partial charge is 0.407 e. The number of alkyl carbamates (subject to hydrolysis) is 1. The molecule has 3 rings (SSSR count). The monoisotopic (exact) mass is 425 g/mol. The Kier molecular flexibility index (Phi) is 6.74. The van der Waals surface area contributed by atoms with Gasteiger partial charge >= 0.3 is 16.2 Å². The number of rotatable bonds is 7. The molecule has 0 aliphatic rings. The third-order valence-electron chi connectivity index (χ3n) is 4.42. The van der Waals surface area contributed by atoms with E-state index >= 15 is 0 Å². The predicted octanol–water partition coefficient (Wildman–Crippen LogP) is 4.75. The van der Waals surface area contributed by atoms with Gasteiger partial charge in [0.25, 0.3) is 0 Å². The van der Waals surface area contributed by atoms with Crippen LogP contribution in [0.3, 0.4) is 0 Å². The van der Waals surface area contributed by atoms with Gasteiger partial charge in [-0.05, 0) is 49.2 Å². The summed E-state index contributed by atoms with van der Waals surface area (Å²) in [6, 6.07) is 21.9. The van der Waals surface area contributed by atoms with E-state index in [2.05, 4.69) is 5.32 Å². The number of benzene rings is 3. The molecule has 0 spiro atoms. The van der Waals surface area contributed by atoms with E-state index in [-0.39, 0.29) is 17.3 Å². The Morgan fingerprint density at radius 2 is 1.67 bits per heavy atom. The number of aryl methyl sites for hydroxylation is 1. The van der Waals surface area contributed by atoms with Crippen molar-refractivity contribution < 1.29 is 22.1 Å². The highest BCUT2D eigenvalue weighted by Crippen LogP contribution is 2.23. The van der Waals surface area contributed by atoms with Gasteiger partial charge in [0.05, 0.1) is 6.04 Å². The lowest BCUT2D eigenvalue weighted by molar-refractivity contribution is 0.136. The van der Waals surface area contributed by atoms with E-state index in [4.69, 9.17) is 8.92 Å². The van der Waals surface area contributed by atoms with Crippen molar-refractivity contribution in [3.63, 3.8) is 0 Å². The summed E-state index contributed by atoms with van der Waals surface area (Å²) in [6.07, 6.45) is -0.565. The maximum absolute atomic E-state index is 12.5. The van der Waals surface area contributed by atoms with Crippen LogP contribution in [0.1, 0.15) is 29.7 Å². The highest BCUT2D eigenvalue weighted by Gasteiger charge is 2.18. The first kappa shape index (κ1) is 21.4. The second kappa shape index (κ2) is 9.45.